The van der Waals surface area contributed by atoms with E-state index in [1.165, 1.54) is 4.52 Å². The molecule has 1 unspecified atom stereocenters. The Hall–Kier alpha value is -1.69. The Labute approximate surface area is 128 Å². The van der Waals surface area contributed by atoms with E-state index in [1.54, 1.807) is 6.92 Å². The molecule has 2 aromatic rings. The van der Waals surface area contributed by atoms with Gasteiger partial charge in [-0.05, 0) is 13.3 Å². The third kappa shape index (κ3) is 2.85. The molecule has 1 atom stereocenters. The second-order valence-electron chi connectivity index (χ2n) is 5.42. The zero-order valence-electron chi connectivity index (χ0n) is 12.6. The van der Waals surface area contributed by atoms with Gasteiger partial charge in [-0.25, -0.2) is 4.98 Å². The predicted molar refractivity (Wildman–Crippen MR) is 79.9 cm³/mol. The van der Waals surface area contributed by atoms with Gasteiger partial charge in [-0.3, -0.25) is 4.79 Å². The van der Waals surface area contributed by atoms with Crippen molar-refractivity contribution in [3.05, 3.63) is 22.2 Å². The van der Waals surface area contributed by atoms with Gasteiger partial charge in [0.05, 0.1) is 5.92 Å². The first-order chi connectivity index (χ1) is 9.86. The standard InChI is InChI=1S/C14H19ClN4O2/c1-5-6-9(13(20)21)10-8(4)16-14-17-12(7(2)3)18-19(14)11(10)15/h7,9H,5-6H2,1-4H3,(H,20,21). The van der Waals surface area contributed by atoms with Crippen LogP contribution in [0.3, 0.4) is 0 Å². The van der Waals surface area contributed by atoms with E-state index >= 15 is 0 Å². The number of carbonyl (C=O) groups is 1. The lowest BCUT2D eigenvalue weighted by Crippen LogP contribution is -2.16. The molecule has 0 spiro atoms. The Morgan fingerprint density at radius 2 is 2.05 bits per heavy atom. The Morgan fingerprint density at radius 1 is 1.38 bits per heavy atom. The summed E-state index contributed by atoms with van der Waals surface area (Å²) in [5.74, 6) is -0.371. The minimum absolute atomic E-state index is 0.150. The maximum absolute atomic E-state index is 11.5. The molecule has 7 heteroatoms. The maximum Gasteiger partial charge on any atom is 0.311 e. The van der Waals surface area contributed by atoms with Crippen molar-refractivity contribution < 1.29 is 9.90 Å². The van der Waals surface area contributed by atoms with E-state index in [-0.39, 0.29) is 11.1 Å². The van der Waals surface area contributed by atoms with Crippen molar-refractivity contribution in [1.82, 2.24) is 19.6 Å². The quantitative estimate of drug-likeness (QED) is 0.858. The lowest BCUT2D eigenvalue weighted by atomic mass is 9.95. The summed E-state index contributed by atoms with van der Waals surface area (Å²) in [5.41, 5.74) is 1.12. The van der Waals surface area contributed by atoms with Crippen LogP contribution in [0, 0.1) is 6.92 Å². The number of hydrogen-bond acceptors (Lipinski definition) is 4. The van der Waals surface area contributed by atoms with Gasteiger partial charge < -0.3 is 5.11 Å². The number of carboxylic acid groups (broad SMARTS) is 1. The highest BCUT2D eigenvalue weighted by Crippen LogP contribution is 2.31. The molecule has 114 valence electrons. The number of halogens is 1. The van der Waals surface area contributed by atoms with Crippen LogP contribution in [0.25, 0.3) is 5.78 Å². The van der Waals surface area contributed by atoms with Crippen molar-refractivity contribution in [2.45, 2.75) is 52.4 Å². The number of rotatable bonds is 5. The highest BCUT2D eigenvalue weighted by molar-refractivity contribution is 6.30. The molecule has 0 fully saturated rings. The van der Waals surface area contributed by atoms with Crippen LogP contribution in [-0.4, -0.2) is 30.7 Å². The largest absolute Gasteiger partial charge is 0.481 e. The van der Waals surface area contributed by atoms with E-state index in [1.807, 2.05) is 20.8 Å². The van der Waals surface area contributed by atoms with E-state index in [4.69, 9.17) is 11.6 Å². The van der Waals surface area contributed by atoms with E-state index in [0.29, 0.717) is 29.3 Å². The highest BCUT2D eigenvalue weighted by atomic mass is 35.5. The number of aliphatic carboxylic acids is 1. The minimum Gasteiger partial charge on any atom is -0.481 e. The monoisotopic (exact) mass is 310 g/mol. The summed E-state index contributed by atoms with van der Waals surface area (Å²) in [6.45, 7) is 7.66. The SMILES string of the molecule is CCCC(C(=O)O)c1c(C)nc2nc(C(C)C)nn2c1Cl. The number of fused-ring (bicyclic) bond motifs is 1. The highest BCUT2D eigenvalue weighted by Gasteiger charge is 2.27. The lowest BCUT2D eigenvalue weighted by molar-refractivity contribution is -0.139. The lowest BCUT2D eigenvalue weighted by Gasteiger charge is -2.15. The third-order valence-corrected chi connectivity index (χ3v) is 3.78. The molecule has 1 N–H and O–H groups in total. The number of aryl methyl sites for hydroxylation is 1. The van der Waals surface area contributed by atoms with Crippen LogP contribution >= 0.6 is 11.6 Å². The first-order valence-electron chi connectivity index (χ1n) is 7.02. The van der Waals surface area contributed by atoms with Gasteiger partial charge in [-0.2, -0.15) is 9.50 Å². The summed E-state index contributed by atoms with van der Waals surface area (Å²) in [4.78, 5) is 20.2. The molecular formula is C14H19ClN4O2. The molecule has 0 bridgehead atoms. The molecular weight excluding hydrogens is 292 g/mol. The predicted octanol–water partition coefficient (Wildman–Crippen LogP) is 3.18. The van der Waals surface area contributed by atoms with Crippen LogP contribution < -0.4 is 0 Å². The number of aromatic nitrogens is 4. The Balaban J connectivity index is 2.66. The van der Waals surface area contributed by atoms with Crippen molar-refractivity contribution >= 4 is 23.3 Å². The fourth-order valence-electron chi connectivity index (χ4n) is 2.32. The number of carboxylic acids is 1. The van der Waals surface area contributed by atoms with E-state index in [9.17, 15) is 9.90 Å². The Bertz CT molecular complexity index is 681. The molecule has 0 radical (unpaired) electrons. The Morgan fingerprint density at radius 3 is 2.57 bits per heavy atom. The van der Waals surface area contributed by atoms with Gasteiger partial charge in [0.1, 0.15) is 5.15 Å². The summed E-state index contributed by atoms with van der Waals surface area (Å²) in [6.07, 6.45) is 1.26. The first-order valence-corrected chi connectivity index (χ1v) is 7.40. The van der Waals surface area contributed by atoms with Gasteiger partial charge in [0.25, 0.3) is 5.78 Å². The van der Waals surface area contributed by atoms with Crippen LogP contribution in [-0.2, 0) is 4.79 Å². The summed E-state index contributed by atoms with van der Waals surface area (Å²) in [7, 11) is 0. The number of hydrogen-bond donors (Lipinski definition) is 1. The summed E-state index contributed by atoms with van der Waals surface area (Å²) < 4.78 is 1.44. The van der Waals surface area contributed by atoms with Gasteiger partial charge in [0, 0.05) is 17.2 Å². The van der Waals surface area contributed by atoms with Crippen molar-refractivity contribution in [2.75, 3.05) is 0 Å². The Kier molecular flexibility index (Phi) is 4.46. The van der Waals surface area contributed by atoms with Crippen LogP contribution in [0.5, 0.6) is 0 Å². The minimum atomic E-state index is -0.896. The molecule has 0 saturated heterocycles. The second-order valence-corrected chi connectivity index (χ2v) is 5.78. The van der Waals surface area contributed by atoms with Gasteiger partial charge in [0.15, 0.2) is 5.82 Å². The van der Waals surface area contributed by atoms with Crippen LogP contribution in [0.4, 0.5) is 0 Å². The number of nitrogens with zero attached hydrogens (tertiary/aromatic N) is 4. The van der Waals surface area contributed by atoms with Gasteiger partial charge in [0.2, 0.25) is 0 Å². The van der Waals surface area contributed by atoms with E-state index in [0.717, 1.165) is 6.42 Å². The molecule has 0 aliphatic rings. The average molecular weight is 311 g/mol. The molecule has 2 heterocycles. The van der Waals surface area contributed by atoms with Crippen molar-refractivity contribution in [3.63, 3.8) is 0 Å². The smallest absolute Gasteiger partial charge is 0.311 e. The normalized spacial score (nSPS) is 13.0. The summed E-state index contributed by atoms with van der Waals surface area (Å²) in [5, 5.41) is 14.1. The van der Waals surface area contributed by atoms with Crippen LogP contribution in [0.1, 0.15) is 62.5 Å². The summed E-state index contributed by atoms with van der Waals surface area (Å²) >= 11 is 6.40. The molecule has 0 amide bonds. The average Bonchev–Trinajstić information content (AvgIpc) is 2.81. The van der Waals surface area contributed by atoms with Gasteiger partial charge in [-0.1, -0.05) is 38.8 Å². The fraction of sp³-hybridized carbons (Fsp3) is 0.571. The molecule has 0 saturated carbocycles. The van der Waals surface area contributed by atoms with Crippen molar-refractivity contribution in [1.29, 1.82) is 0 Å². The topological polar surface area (TPSA) is 80.4 Å². The van der Waals surface area contributed by atoms with Gasteiger partial charge in [-0.15, -0.1) is 5.10 Å². The molecule has 21 heavy (non-hydrogen) atoms. The van der Waals surface area contributed by atoms with Gasteiger partial charge >= 0.3 is 5.97 Å². The zero-order chi connectivity index (χ0) is 15.7. The zero-order valence-corrected chi connectivity index (χ0v) is 13.3. The molecule has 0 aromatic carbocycles. The molecule has 2 aromatic heterocycles. The molecule has 0 aliphatic carbocycles. The fourth-order valence-corrected chi connectivity index (χ4v) is 2.70. The third-order valence-electron chi connectivity index (χ3n) is 3.41. The van der Waals surface area contributed by atoms with E-state index < -0.39 is 11.9 Å². The van der Waals surface area contributed by atoms with E-state index in [2.05, 4.69) is 15.1 Å². The first kappa shape index (κ1) is 15.7. The second kappa shape index (κ2) is 5.97. The molecule has 2 rings (SSSR count). The van der Waals surface area contributed by atoms with Crippen molar-refractivity contribution in [2.24, 2.45) is 0 Å². The molecule has 6 nitrogen and oxygen atoms in total. The summed E-state index contributed by atoms with van der Waals surface area (Å²) in [6, 6.07) is 0. The van der Waals surface area contributed by atoms with Crippen LogP contribution in [0.15, 0.2) is 0 Å². The van der Waals surface area contributed by atoms with Crippen molar-refractivity contribution in [3.8, 4) is 0 Å². The molecule has 0 aliphatic heterocycles. The van der Waals surface area contributed by atoms with Crippen LogP contribution in [0.2, 0.25) is 5.15 Å². The maximum atomic E-state index is 11.5.